The van der Waals surface area contributed by atoms with E-state index in [2.05, 4.69) is 5.32 Å². The first-order valence-electron chi connectivity index (χ1n) is 6.98. The maximum Gasteiger partial charge on any atom is 0.317 e. The average Bonchev–Trinajstić information content (AvgIpc) is 2.56. The third kappa shape index (κ3) is 5.75. The fourth-order valence-electron chi connectivity index (χ4n) is 1.72. The number of benzene rings is 2. The second-order valence-electron chi connectivity index (χ2n) is 4.73. The van der Waals surface area contributed by atoms with Crippen LogP contribution in [0, 0.1) is 5.82 Å². The Hall–Kier alpha value is -2.34. The Morgan fingerprint density at radius 3 is 2.43 bits per heavy atom. The molecule has 0 saturated carbocycles. The van der Waals surface area contributed by atoms with Gasteiger partial charge in [0, 0.05) is 10.6 Å². The summed E-state index contributed by atoms with van der Waals surface area (Å²) in [5.41, 5.74) is 0.443. The highest BCUT2D eigenvalue weighted by atomic mass is 32.2. The van der Waals surface area contributed by atoms with Gasteiger partial charge in [-0.3, -0.25) is 9.59 Å². The highest BCUT2D eigenvalue weighted by Crippen LogP contribution is 2.17. The van der Waals surface area contributed by atoms with Crippen molar-refractivity contribution >= 4 is 29.3 Å². The summed E-state index contributed by atoms with van der Waals surface area (Å²) in [7, 11) is 0. The number of amides is 1. The number of thioether (sulfide) groups is 1. The predicted molar refractivity (Wildman–Crippen MR) is 87.7 cm³/mol. The largest absolute Gasteiger partial charge is 0.452 e. The third-order valence-electron chi connectivity index (χ3n) is 2.89. The standard InChI is InChI=1S/C17H16FNO3S/c1-12(17(21)19-14-9-7-13(18)8-10-14)22-16(20)11-23-15-5-3-2-4-6-15/h2-10,12H,11H2,1H3,(H,19,21)/t12-/m0/s1. The Morgan fingerprint density at radius 2 is 1.78 bits per heavy atom. The number of hydrogen-bond acceptors (Lipinski definition) is 4. The van der Waals surface area contributed by atoms with Crippen molar-refractivity contribution in [3.63, 3.8) is 0 Å². The van der Waals surface area contributed by atoms with Crippen LogP contribution in [0.5, 0.6) is 0 Å². The second-order valence-corrected chi connectivity index (χ2v) is 5.78. The Morgan fingerprint density at radius 1 is 1.13 bits per heavy atom. The van der Waals surface area contributed by atoms with Gasteiger partial charge < -0.3 is 10.1 Å². The number of rotatable bonds is 6. The van der Waals surface area contributed by atoms with E-state index in [-0.39, 0.29) is 11.6 Å². The first-order chi connectivity index (χ1) is 11.0. The van der Waals surface area contributed by atoms with Gasteiger partial charge in [-0.1, -0.05) is 18.2 Å². The van der Waals surface area contributed by atoms with Gasteiger partial charge in [-0.25, -0.2) is 4.39 Å². The molecule has 1 atom stereocenters. The zero-order valence-corrected chi connectivity index (χ0v) is 13.3. The maximum atomic E-state index is 12.8. The average molecular weight is 333 g/mol. The van der Waals surface area contributed by atoms with Crippen molar-refractivity contribution in [1.82, 2.24) is 0 Å². The summed E-state index contributed by atoms with van der Waals surface area (Å²) in [4.78, 5) is 24.6. The number of carbonyl (C=O) groups is 2. The van der Waals surface area contributed by atoms with E-state index in [9.17, 15) is 14.0 Å². The van der Waals surface area contributed by atoms with Gasteiger partial charge in [0.25, 0.3) is 5.91 Å². The van der Waals surface area contributed by atoms with Crippen molar-refractivity contribution in [2.45, 2.75) is 17.9 Å². The number of nitrogens with one attached hydrogen (secondary N) is 1. The first-order valence-corrected chi connectivity index (χ1v) is 7.97. The molecule has 2 aromatic carbocycles. The fraction of sp³-hybridized carbons (Fsp3) is 0.176. The SMILES string of the molecule is C[C@H](OC(=O)CSc1ccccc1)C(=O)Nc1ccc(F)cc1. The monoisotopic (exact) mass is 333 g/mol. The Balaban J connectivity index is 1.78. The van der Waals surface area contributed by atoms with Crippen LogP contribution in [0.1, 0.15) is 6.92 Å². The van der Waals surface area contributed by atoms with Crippen LogP contribution in [-0.4, -0.2) is 23.7 Å². The van der Waals surface area contributed by atoms with Crippen LogP contribution in [0.3, 0.4) is 0 Å². The molecule has 0 unspecified atom stereocenters. The van der Waals surface area contributed by atoms with Crippen molar-refractivity contribution in [1.29, 1.82) is 0 Å². The Kier molecular flexibility index (Phi) is 6.17. The van der Waals surface area contributed by atoms with Gasteiger partial charge in [0.05, 0.1) is 5.75 Å². The number of anilines is 1. The summed E-state index contributed by atoms with van der Waals surface area (Å²) in [6.45, 7) is 1.49. The number of hydrogen-bond donors (Lipinski definition) is 1. The van der Waals surface area contributed by atoms with Gasteiger partial charge in [-0.05, 0) is 43.3 Å². The van der Waals surface area contributed by atoms with Crippen molar-refractivity contribution in [2.24, 2.45) is 0 Å². The van der Waals surface area contributed by atoms with E-state index in [0.717, 1.165) is 4.90 Å². The summed E-state index contributed by atoms with van der Waals surface area (Å²) in [6.07, 6.45) is -0.927. The first kappa shape index (κ1) is 17.0. The van der Waals surface area contributed by atoms with Gasteiger partial charge in [0.1, 0.15) is 5.82 Å². The van der Waals surface area contributed by atoms with Gasteiger partial charge in [0.2, 0.25) is 0 Å². The number of ether oxygens (including phenoxy) is 1. The van der Waals surface area contributed by atoms with E-state index in [1.807, 2.05) is 30.3 Å². The molecule has 0 saturated heterocycles. The minimum atomic E-state index is -0.927. The quantitative estimate of drug-likeness (QED) is 0.649. The molecule has 4 nitrogen and oxygen atoms in total. The molecular weight excluding hydrogens is 317 g/mol. The molecule has 0 aliphatic carbocycles. The minimum Gasteiger partial charge on any atom is -0.452 e. The zero-order valence-electron chi connectivity index (χ0n) is 12.5. The molecule has 0 bridgehead atoms. The van der Waals surface area contributed by atoms with E-state index in [4.69, 9.17) is 4.74 Å². The van der Waals surface area contributed by atoms with Gasteiger partial charge >= 0.3 is 5.97 Å². The van der Waals surface area contributed by atoms with Crippen LogP contribution >= 0.6 is 11.8 Å². The Labute approximate surface area is 138 Å². The molecule has 0 radical (unpaired) electrons. The van der Waals surface area contributed by atoms with Crippen molar-refractivity contribution < 1.29 is 18.7 Å². The van der Waals surface area contributed by atoms with Crippen molar-refractivity contribution in [3.8, 4) is 0 Å². The second kappa shape index (κ2) is 8.33. The highest BCUT2D eigenvalue weighted by Gasteiger charge is 2.18. The van der Waals surface area contributed by atoms with Crippen molar-refractivity contribution in [3.05, 3.63) is 60.4 Å². The molecule has 6 heteroatoms. The molecule has 23 heavy (non-hydrogen) atoms. The lowest BCUT2D eigenvalue weighted by atomic mass is 10.3. The predicted octanol–water partition coefficient (Wildman–Crippen LogP) is 3.49. The van der Waals surface area contributed by atoms with E-state index in [1.54, 1.807) is 0 Å². The summed E-state index contributed by atoms with van der Waals surface area (Å²) in [5, 5.41) is 2.56. The number of halogens is 1. The summed E-state index contributed by atoms with van der Waals surface area (Å²) in [5.74, 6) is -1.20. The molecule has 0 aromatic heterocycles. The lowest BCUT2D eigenvalue weighted by Crippen LogP contribution is -2.30. The summed E-state index contributed by atoms with van der Waals surface area (Å²) < 4.78 is 17.9. The van der Waals surface area contributed by atoms with E-state index >= 15 is 0 Å². The number of carbonyl (C=O) groups excluding carboxylic acids is 2. The maximum absolute atomic E-state index is 12.8. The molecule has 1 amide bonds. The number of esters is 1. The van der Waals surface area contributed by atoms with Crippen LogP contribution in [0.4, 0.5) is 10.1 Å². The van der Waals surface area contributed by atoms with Gasteiger partial charge in [0.15, 0.2) is 6.10 Å². The summed E-state index contributed by atoms with van der Waals surface area (Å²) in [6, 6.07) is 14.8. The zero-order chi connectivity index (χ0) is 16.7. The smallest absolute Gasteiger partial charge is 0.317 e. The van der Waals surface area contributed by atoms with Crippen molar-refractivity contribution in [2.75, 3.05) is 11.1 Å². The Bertz CT molecular complexity index is 661. The van der Waals surface area contributed by atoms with E-state index in [0.29, 0.717) is 5.69 Å². The topological polar surface area (TPSA) is 55.4 Å². The molecule has 0 aliphatic rings. The lowest BCUT2D eigenvalue weighted by Gasteiger charge is -2.13. The van der Waals surface area contributed by atoms with Crippen LogP contribution in [-0.2, 0) is 14.3 Å². The lowest BCUT2D eigenvalue weighted by molar-refractivity contribution is -0.150. The van der Waals surface area contributed by atoms with Crippen LogP contribution < -0.4 is 5.32 Å². The highest BCUT2D eigenvalue weighted by molar-refractivity contribution is 8.00. The molecule has 0 fully saturated rings. The molecule has 0 heterocycles. The normalized spacial score (nSPS) is 11.6. The molecule has 2 rings (SSSR count). The summed E-state index contributed by atoms with van der Waals surface area (Å²) >= 11 is 1.34. The fourth-order valence-corrected chi connectivity index (χ4v) is 2.42. The van der Waals surface area contributed by atoms with Gasteiger partial charge in [-0.15, -0.1) is 11.8 Å². The van der Waals surface area contributed by atoms with E-state index < -0.39 is 18.0 Å². The van der Waals surface area contributed by atoms with Crippen LogP contribution in [0.2, 0.25) is 0 Å². The van der Waals surface area contributed by atoms with E-state index in [1.165, 1.54) is 43.0 Å². The molecule has 120 valence electrons. The molecule has 0 spiro atoms. The van der Waals surface area contributed by atoms with Gasteiger partial charge in [-0.2, -0.15) is 0 Å². The molecular formula is C17H16FNO3S. The minimum absolute atomic E-state index is 0.123. The molecule has 0 aliphatic heterocycles. The van der Waals surface area contributed by atoms with Crippen LogP contribution in [0.15, 0.2) is 59.5 Å². The third-order valence-corrected chi connectivity index (χ3v) is 3.87. The molecule has 2 aromatic rings. The molecule has 1 N–H and O–H groups in total. The van der Waals surface area contributed by atoms with Crippen LogP contribution in [0.25, 0.3) is 0 Å².